The van der Waals surface area contributed by atoms with Crippen LogP contribution in [-0.2, 0) is 0 Å². The van der Waals surface area contributed by atoms with Gasteiger partial charge in [-0.3, -0.25) is 0 Å². The van der Waals surface area contributed by atoms with E-state index in [1.807, 2.05) is 6.92 Å². The Labute approximate surface area is 75.2 Å². The lowest BCUT2D eigenvalue weighted by Gasteiger charge is -2.43. The van der Waals surface area contributed by atoms with Gasteiger partial charge in [0, 0.05) is 0 Å². The molecule has 72 valence electrons. The molecule has 0 aromatic rings. The smallest absolute Gasteiger partial charge is 0.0687 e. The molecule has 1 aliphatic carbocycles. The van der Waals surface area contributed by atoms with Crippen LogP contribution in [-0.4, -0.2) is 17.3 Å². The van der Waals surface area contributed by atoms with Crippen molar-refractivity contribution in [1.29, 1.82) is 0 Å². The normalized spacial score (nSPS) is 26.0. The second-order valence-electron chi connectivity index (χ2n) is 4.19. The fraction of sp³-hybridized carbons (Fsp3) is 1.00. The summed E-state index contributed by atoms with van der Waals surface area (Å²) >= 11 is 0. The van der Waals surface area contributed by atoms with Crippen molar-refractivity contribution in [2.24, 2.45) is 17.6 Å². The van der Waals surface area contributed by atoms with Crippen LogP contribution in [0.4, 0.5) is 0 Å². The molecule has 1 rings (SSSR count). The molecule has 0 aromatic heterocycles. The minimum absolute atomic E-state index is 0.280. The summed E-state index contributed by atoms with van der Waals surface area (Å²) in [4.78, 5) is 0. The van der Waals surface area contributed by atoms with Gasteiger partial charge in [0.2, 0.25) is 0 Å². The maximum absolute atomic E-state index is 10.2. The lowest BCUT2D eigenvalue weighted by molar-refractivity contribution is -0.0792. The standard InChI is InChI=1S/C10H21NO/c1-3-8(7-11)10(2,12)9-5-4-6-9/h8-9,12H,3-7,11H2,1-2H3. The third kappa shape index (κ3) is 1.64. The predicted molar refractivity (Wildman–Crippen MR) is 50.8 cm³/mol. The van der Waals surface area contributed by atoms with Gasteiger partial charge in [0.05, 0.1) is 5.60 Å². The zero-order valence-electron chi connectivity index (χ0n) is 8.21. The van der Waals surface area contributed by atoms with Crippen LogP contribution in [0.15, 0.2) is 0 Å². The highest BCUT2D eigenvalue weighted by molar-refractivity contribution is 4.92. The van der Waals surface area contributed by atoms with Crippen molar-refractivity contribution in [2.45, 2.75) is 45.1 Å². The molecule has 0 spiro atoms. The highest BCUT2D eigenvalue weighted by Crippen LogP contribution is 2.40. The zero-order chi connectivity index (χ0) is 9.19. The van der Waals surface area contributed by atoms with Crippen LogP contribution in [0.5, 0.6) is 0 Å². The fourth-order valence-electron chi connectivity index (χ4n) is 2.14. The number of hydrogen-bond donors (Lipinski definition) is 2. The molecule has 0 radical (unpaired) electrons. The zero-order valence-corrected chi connectivity index (χ0v) is 8.21. The van der Waals surface area contributed by atoms with Crippen LogP contribution in [0.1, 0.15) is 39.5 Å². The Morgan fingerprint density at radius 2 is 2.17 bits per heavy atom. The minimum Gasteiger partial charge on any atom is -0.390 e. The van der Waals surface area contributed by atoms with E-state index in [-0.39, 0.29) is 5.92 Å². The van der Waals surface area contributed by atoms with Crippen molar-refractivity contribution in [2.75, 3.05) is 6.54 Å². The molecule has 3 N–H and O–H groups in total. The van der Waals surface area contributed by atoms with Gasteiger partial charge < -0.3 is 10.8 Å². The van der Waals surface area contributed by atoms with Crippen molar-refractivity contribution >= 4 is 0 Å². The first-order valence-electron chi connectivity index (χ1n) is 5.05. The Balaban J connectivity index is 2.54. The second-order valence-corrected chi connectivity index (χ2v) is 4.19. The fourth-order valence-corrected chi connectivity index (χ4v) is 2.14. The Bertz CT molecular complexity index is 137. The van der Waals surface area contributed by atoms with Gasteiger partial charge in [-0.25, -0.2) is 0 Å². The van der Waals surface area contributed by atoms with E-state index in [9.17, 15) is 5.11 Å². The van der Waals surface area contributed by atoms with Crippen LogP contribution in [0.2, 0.25) is 0 Å². The topological polar surface area (TPSA) is 46.2 Å². The summed E-state index contributed by atoms with van der Waals surface area (Å²) in [5.74, 6) is 0.786. The molecule has 1 fully saturated rings. The Morgan fingerprint density at radius 3 is 2.42 bits per heavy atom. The number of nitrogens with two attached hydrogens (primary N) is 1. The van der Waals surface area contributed by atoms with Gasteiger partial charge in [0.15, 0.2) is 0 Å². The van der Waals surface area contributed by atoms with E-state index in [1.165, 1.54) is 19.3 Å². The van der Waals surface area contributed by atoms with Crippen molar-refractivity contribution < 1.29 is 5.11 Å². The highest BCUT2D eigenvalue weighted by atomic mass is 16.3. The van der Waals surface area contributed by atoms with Gasteiger partial charge in [0.1, 0.15) is 0 Å². The van der Waals surface area contributed by atoms with E-state index in [2.05, 4.69) is 6.92 Å². The molecule has 0 amide bonds. The summed E-state index contributed by atoms with van der Waals surface area (Å²) in [6.45, 7) is 4.67. The van der Waals surface area contributed by atoms with Gasteiger partial charge in [0.25, 0.3) is 0 Å². The van der Waals surface area contributed by atoms with E-state index >= 15 is 0 Å². The third-order valence-electron chi connectivity index (χ3n) is 3.54. The molecule has 2 unspecified atom stereocenters. The predicted octanol–water partition coefficient (Wildman–Crippen LogP) is 1.52. The molecule has 2 heteroatoms. The number of hydrogen-bond acceptors (Lipinski definition) is 2. The largest absolute Gasteiger partial charge is 0.390 e. The van der Waals surface area contributed by atoms with Crippen molar-refractivity contribution in [3.8, 4) is 0 Å². The molecule has 0 bridgehead atoms. The summed E-state index contributed by atoms with van der Waals surface area (Å²) in [5, 5.41) is 10.2. The minimum atomic E-state index is -0.512. The van der Waals surface area contributed by atoms with Crippen molar-refractivity contribution in [1.82, 2.24) is 0 Å². The average molecular weight is 171 g/mol. The van der Waals surface area contributed by atoms with Gasteiger partial charge in [-0.05, 0) is 44.6 Å². The molecular formula is C10H21NO. The average Bonchev–Trinajstić information content (AvgIpc) is 1.83. The highest BCUT2D eigenvalue weighted by Gasteiger charge is 2.40. The Kier molecular flexibility index (Phi) is 3.13. The summed E-state index contributed by atoms with van der Waals surface area (Å²) < 4.78 is 0. The van der Waals surface area contributed by atoms with Crippen LogP contribution in [0.25, 0.3) is 0 Å². The van der Waals surface area contributed by atoms with Crippen molar-refractivity contribution in [3.05, 3.63) is 0 Å². The first-order valence-corrected chi connectivity index (χ1v) is 5.05. The second kappa shape index (κ2) is 3.75. The molecular weight excluding hydrogens is 150 g/mol. The van der Waals surface area contributed by atoms with Crippen LogP contribution in [0, 0.1) is 11.8 Å². The lowest BCUT2D eigenvalue weighted by Crippen LogP contribution is -2.47. The molecule has 0 heterocycles. The van der Waals surface area contributed by atoms with Gasteiger partial charge in [-0.2, -0.15) is 0 Å². The molecule has 0 aromatic carbocycles. The van der Waals surface area contributed by atoms with Gasteiger partial charge in [-0.1, -0.05) is 13.3 Å². The Morgan fingerprint density at radius 1 is 1.58 bits per heavy atom. The van der Waals surface area contributed by atoms with Crippen molar-refractivity contribution in [3.63, 3.8) is 0 Å². The maximum Gasteiger partial charge on any atom is 0.0687 e. The van der Waals surface area contributed by atoms with Crippen LogP contribution < -0.4 is 5.73 Å². The summed E-state index contributed by atoms with van der Waals surface area (Å²) in [6.07, 6.45) is 4.63. The summed E-state index contributed by atoms with van der Waals surface area (Å²) in [6, 6.07) is 0. The van der Waals surface area contributed by atoms with E-state index in [0.717, 1.165) is 6.42 Å². The summed E-state index contributed by atoms with van der Waals surface area (Å²) in [7, 11) is 0. The Hall–Kier alpha value is -0.0800. The van der Waals surface area contributed by atoms with Gasteiger partial charge >= 0.3 is 0 Å². The molecule has 0 saturated heterocycles. The molecule has 12 heavy (non-hydrogen) atoms. The van der Waals surface area contributed by atoms with E-state index in [1.54, 1.807) is 0 Å². The molecule has 1 saturated carbocycles. The van der Waals surface area contributed by atoms with E-state index < -0.39 is 5.60 Å². The van der Waals surface area contributed by atoms with Gasteiger partial charge in [-0.15, -0.1) is 0 Å². The molecule has 1 aliphatic rings. The number of rotatable bonds is 4. The monoisotopic (exact) mass is 171 g/mol. The first-order chi connectivity index (χ1) is 5.62. The van der Waals surface area contributed by atoms with Crippen LogP contribution >= 0.6 is 0 Å². The van der Waals surface area contributed by atoms with E-state index in [0.29, 0.717) is 12.5 Å². The SMILES string of the molecule is CCC(CN)C(C)(O)C1CCC1. The number of aliphatic hydroxyl groups is 1. The summed E-state index contributed by atoms with van der Waals surface area (Å²) in [5.41, 5.74) is 5.11. The van der Waals surface area contributed by atoms with E-state index in [4.69, 9.17) is 5.73 Å². The third-order valence-corrected chi connectivity index (χ3v) is 3.54. The maximum atomic E-state index is 10.2. The quantitative estimate of drug-likeness (QED) is 0.673. The first kappa shape index (κ1) is 10.0. The molecule has 2 nitrogen and oxygen atoms in total. The molecule has 2 atom stereocenters. The molecule has 0 aliphatic heterocycles. The lowest BCUT2D eigenvalue weighted by atomic mass is 9.67. The van der Waals surface area contributed by atoms with Crippen LogP contribution in [0.3, 0.4) is 0 Å².